The molecule has 2 heterocycles. The molecule has 0 fully saturated rings. The number of furan rings is 1. The van der Waals surface area contributed by atoms with Gasteiger partial charge in [0, 0.05) is 16.8 Å². The Hall–Kier alpha value is -4.92. The molecular formula is C27H23N5O4. The molecule has 36 heavy (non-hydrogen) atoms. The first-order chi connectivity index (χ1) is 17.5. The molecule has 3 N–H and O–H groups in total. The third kappa shape index (κ3) is 4.80. The molecule has 1 atom stereocenters. The molecule has 0 saturated heterocycles. The molecule has 180 valence electrons. The quantitative estimate of drug-likeness (QED) is 0.326. The number of carbonyl (C=O) groups excluding carboxylic acids is 2. The lowest BCUT2D eigenvalue weighted by Crippen LogP contribution is -2.33. The number of amides is 3. The molecule has 5 aromatic rings. The summed E-state index contributed by atoms with van der Waals surface area (Å²) < 4.78 is 6.89. The van der Waals surface area contributed by atoms with Crippen molar-refractivity contribution in [3.8, 4) is 0 Å². The van der Waals surface area contributed by atoms with Gasteiger partial charge in [-0.25, -0.2) is 9.78 Å². The highest BCUT2D eigenvalue weighted by Gasteiger charge is 2.16. The lowest BCUT2D eigenvalue weighted by molar-refractivity contribution is -0.122. The summed E-state index contributed by atoms with van der Waals surface area (Å²) in [5.74, 6) is -0.341. The molecule has 0 aliphatic heterocycles. The van der Waals surface area contributed by atoms with Crippen LogP contribution >= 0.6 is 0 Å². The number of para-hydroxylation sites is 2. The van der Waals surface area contributed by atoms with Crippen LogP contribution in [0.3, 0.4) is 0 Å². The molecule has 0 radical (unpaired) electrons. The third-order valence-electron chi connectivity index (χ3n) is 5.74. The first kappa shape index (κ1) is 22.9. The fourth-order valence-corrected chi connectivity index (χ4v) is 3.92. The number of benzene rings is 3. The molecule has 0 bridgehead atoms. The van der Waals surface area contributed by atoms with Gasteiger partial charge >= 0.3 is 6.03 Å². The Morgan fingerprint density at radius 1 is 0.917 bits per heavy atom. The van der Waals surface area contributed by atoms with E-state index in [4.69, 9.17) is 4.42 Å². The summed E-state index contributed by atoms with van der Waals surface area (Å²) in [6.45, 7) is 1.65. The normalized spacial score (nSPS) is 11.8. The SMILES string of the molecule is CC(NC(=O)Cn1cnc2c(oc3ccccc32)c1=O)c1ccc(NC(=O)Nc2ccccc2)cc1. The highest BCUT2D eigenvalue weighted by atomic mass is 16.3. The van der Waals surface area contributed by atoms with Crippen molar-refractivity contribution in [3.05, 3.63) is 101 Å². The molecular weight excluding hydrogens is 458 g/mol. The van der Waals surface area contributed by atoms with Crippen LogP contribution in [-0.2, 0) is 11.3 Å². The van der Waals surface area contributed by atoms with Gasteiger partial charge in [0.25, 0.3) is 5.56 Å². The van der Waals surface area contributed by atoms with E-state index >= 15 is 0 Å². The number of nitrogens with zero attached hydrogens (tertiary/aromatic N) is 2. The maximum atomic E-state index is 12.8. The minimum atomic E-state index is -0.414. The van der Waals surface area contributed by atoms with E-state index in [2.05, 4.69) is 20.9 Å². The monoisotopic (exact) mass is 481 g/mol. The third-order valence-corrected chi connectivity index (χ3v) is 5.74. The highest BCUT2D eigenvalue weighted by Crippen LogP contribution is 2.24. The van der Waals surface area contributed by atoms with E-state index < -0.39 is 5.56 Å². The molecule has 0 saturated carbocycles. The first-order valence-electron chi connectivity index (χ1n) is 11.4. The van der Waals surface area contributed by atoms with Crippen LogP contribution in [0.2, 0.25) is 0 Å². The Morgan fingerprint density at radius 3 is 2.33 bits per heavy atom. The summed E-state index contributed by atoms with van der Waals surface area (Å²) in [6.07, 6.45) is 1.36. The van der Waals surface area contributed by atoms with Crippen LogP contribution in [-0.4, -0.2) is 21.5 Å². The average Bonchev–Trinajstić information content (AvgIpc) is 3.26. The molecule has 0 aliphatic rings. The molecule has 3 amide bonds. The Morgan fingerprint density at radius 2 is 1.58 bits per heavy atom. The van der Waals surface area contributed by atoms with Gasteiger partial charge in [0.1, 0.15) is 17.6 Å². The molecule has 3 aromatic carbocycles. The van der Waals surface area contributed by atoms with E-state index in [-0.39, 0.29) is 30.1 Å². The summed E-state index contributed by atoms with van der Waals surface area (Å²) in [5, 5.41) is 9.16. The van der Waals surface area contributed by atoms with Crippen LogP contribution in [0.15, 0.2) is 94.4 Å². The van der Waals surface area contributed by atoms with E-state index in [1.165, 1.54) is 10.9 Å². The van der Waals surface area contributed by atoms with Crippen molar-refractivity contribution in [3.63, 3.8) is 0 Å². The van der Waals surface area contributed by atoms with Crippen molar-refractivity contribution < 1.29 is 14.0 Å². The van der Waals surface area contributed by atoms with E-state index in [9.17, 15) is 14.4 Å². The second-order valence-electron chi connectivity index (χ2n) is 8.31. The summed E-state index contributed by atoms with van der Waals surface area (Å²) in [4.78, 5) is 42.0. The average molecular weight is 482 g/mol. The van der Waals surface area contributed by atoms with E-state index in [1.54, 1.807) is 30.3 Å². The van der Waals surface area contributed by atoms with Crippen molar-refractivity contribution in [2.24, 2.45) is 0 Å². The topological polar surface area (TPSA) is 118 Å². The molecule has 2 aromatic heterocycles. The number of aromatic nitrogens is 2. The largest absolute Gasteiger partial charge is 0.448 e. The van der Waals surface area contributed by atoms with Gasteiger partial charge in [0.15, 0.2) is 0 Å². The predicted molar refractivity (Wildman–Crippen MR) is 138 cm³/mol. The molecule has 9 heteroatoms. The minimum Gasteiger partial charge on any atom is -0.448 e. The fraction of sp³-hybridized carbons (Fsp3) is 0.111. The van der Waals surface area contributed by atoms with Crippen molar-refractivity contribution in [1.82, 2.24) is 14.9 Å². The highest BCUT2D eigenvalue weighted by molar-refractivity contribution is 6.02. The number of hydrogen-bond acceptors (Lipinski definition) is 5. The second kappa shape index (κ2) is 9.75. The van der Waals surface area contributed by atoms with Crippen molar-refractivity contribution in [2.45, 2.75) is 19.5 Å². The second-order valence-corrected chi connectivity index (χ2v) is 8.31. The zero-order valence-electron chi connectivity index (χ0n) is 19.4. The number of nitrogens with one attached hydrogen (secondary N) is 3. The van der Waals surface area contributed by atoms with Gasteiger partial charge < -0.3 is 20.4 Å². The summed E-state index contributed by atoms with van der Waals surface area (Å²) in [5.41, 5.74) is 2.91. The summed E-state index contributed by atoms with van der Waals surface area (Å²) in [7, 11) is 0. The van der Waals surface area contributed by atoms with Crippen LogP contribution in [0.1, 0.15) is 18.5 Å². The number of fused-ring (bicyclic) bond motifs is 3. The zero-order chi connectivity index (χ0) is 25.1. The van der Waals surface area contributed by atoms with Gasteiger partial charge in [-0.2, -0.15) is 0 Å². The number of urea groups is 1. The van der Waals surface area contributed by atoms with Gasteiger partial charge in [0.2, 0.25) is 11.5 Å². The number of hydrogen-bond donors (Lipinski definition) is 3. The zero-order valence-corrected chi connectivity index (χ0v) is 19.4. The van der Waals surface area contributed by atoms with Gasteiger partial charge in [-0.1, -0.05) is 42.5 Å². The smallest absolute Gasteiger partial charge is 0.323 e. The first-order valence-corrected chi connectivity index (χ1v) is 11.4. The number of rotatable bonds is 6. The van der Waals surface area contributed by atoms with Crippen LogP contribution in [0.4, 0.5) is 16.2 Å². The molecule has 0 spiro atoms. The van der Waals surface area contributed by atoms with Crippen molar-refractivity contribution in [1.29, 1.82) is 0 Å². The summed E-state index contributed by atoms with van der Waals surface area (Å²) in [6, 6.07) is 22.9. The van der Waals surface area contributed by atoms with Crippen LogP contribution in [0.25, 0.3) is 22.1 Å². The van der Waals surface area contributed by atoms with Crippen molar-refractivity contribution in [2.75, 3.05) is 10.6 Å². The van der Waals surface area contributed by atoms with Gasteiger partial charge in [0.05, 0.1) is 12.4 Å². The van der Waals surface area contributed by atoms with Crippen LogP contribution in [0.5, 0.6) is 0 Å². The fourth-order valence-electron chi connectivity index (χ4n) is 3.92. The maximum absolute atomic E-state index is 12.8. The molecule has 9 nitrogen and oxygen atoms in total. The van der Waals surface area contributed by atoms with E-state index in [0.717, 1.165) is 10.9 Å². The lowest BCUT2D eigenvalue weighted by Gasteiger charge is -2.15. The van der Waals surface area contributed by atoms with Gasteiger partial charge in [-0.05, 0) is 48.9 Å². The minimum absolute atomic E-state index is 0.124. The van der Waals surface area contributed by atoms with Crippen LogP contribution in [0, 0.1) is 0 Å². The van der Waals surface area contributed by atoms with Gasteiger partial charge in [-0.3, -0.25) is 14.2 Å². The number of carbonyl (C=O) groups is 2. The standard InChI is InChI=1S/C27H23N5O4/c1-17(18-11-13-20(14-12-18)31-27(35)30-19-7-3-2-4-8-19)29-23(33)15-32-16-28-24-21-9-5-6-10-22(21)36-25(24)26(32)34/h2-14,16-17H,15H2,1H3,(H,29,33)(H2,30,31,35). The Labute approximate surface area is 205 Å². The Kier molecular flexibility index (Phi) is 6.19. The predicted octanol–water partition coefficient (Wildman–Crippen LogP) is 4.66. The molecule has 5 rings (SSSR count). The molecule has 0 aliphatic carbocycles. The molecule has 1 unspecified atom stereocenters. The Balaban J connectivity index is 1.21. The van der Waals surface area contributed by atoms with E-state index in [0.29, 0.717) is 22.5 Å². The van der Waals surface area contributed by atoms with E-state index in [1.807, 2.05) is 55.5 Å². The Bertz CT molecular complexity index is 1610. The van der Waals surface area contributed by atoms with Crippen molar-refractivity contribution >= 4 is 45.4 Å². The number of anilines is 2. The van der Waals surface area contributed by atoms with Gasteiger partial charge in [-0.15, -0.1) is 0 Å². The summed E-state index contributed by atoms with van der Waals surface area (Å²) >= 11 is 0. The lowest BCUT2D eigenvalue weighted by atomic mass is 10.1. The van der Waals surface area contributed by atoms with Crippen LogP contribution < -0.4 is 21.5 Å². The maximum Gasteiger partial charge on any atom is 0.323 e.